The molecule has 1 N–H and O–H groups in total. The van der Waals surface area contributed by atoms with Crippen LogP contribution in [0.5, 0.6) is 0 Å². The summed E-state index contributed by atoms with van der Waals surface area (Å²) in [4.78, 5) is 11.6. The molecule has 0 aliphatic rings. The van der Waals surface area contributed by atoms with Gasteiger partial charge in [-0.15, -0.1) is 11.8 Å². The second-order valence-corrected chi connectivity index (χ2v) is 5.06. The van der Waals surface area contributed by atoms with Crippen LogP contribution >= 0.6 is 11.8 Å². The van der Waals surface area contributed by atoms with Crippen LogP contribution in [0.4, 0.5) is 10.1 Å². The van der Waals surface area contributed by atoms with Crippen LogP contribution < -0.4 is 5.32 Å². The maximum absolute atomic E-state index is 12.7. The van der Waals surface area contributed by atoms with Gasteiger partial charge in [0.1, 0.15) is 5.82 Å². The molecule has 0 atom stereocenters. The Morgan fingerprint density at radius 1 is 1.42 bits per heavy atom. The summed E-state index contributed by atoms with van der Waals surface area (Å²) in [6, 6.07) is 5.72. The quantitative estimate of drug-likeness (QED) is 0.914. The number of benzene rings is 1. The van der Waals surface area contributed by atoms with Gasteiger partial charge in [-0.25, -0.2) is 4.39 Å². The molecule has 0 saturated carbocycles. The van der Waals surface area contributed by atoms with Gasteiger partial charge in [-0.3, -0.25) is 9.48 Å². The van der Waals surface area contributed by atoms with Crippen molar-refractivity contribution in [3.05, 3.63) is 48.0 Å². The molecule has 1 amide bonds. The fourth-order valence-corrected chi connectivity index (χ4v) is 2.28. The van der Waals surface area contributed by atoms with Crippen LogP contribution in [0.25, 0.3) is 0 Å². The summed E-state index contributed by atoms with van der Waals surface area (Å²) in [7, 11) is 1.86. The summed E-state index contributed by atoms with van der Waals surface area (Å²) in [6.45, 7) is 0. The molecule has 0 fully saturated rings. The highest BCUT2D eigenvalue weighted by Crippen LogP contribution is 2.13. The number of aryl methyl sites for hydroxylation is 1. The lowest BCUT2D eigenvalue weighted by molar-refractivity contribution is -0.113. The van der Waals surface area contributed by atoms with Crippen molar-refractivity contribution in [3.63, 3.8) is 0 Å². The smallest absolute Gasteiger partial charge is 0.234 e. The molecule has 0 aliphatic heterocycles. The molecular weight excluding hydrogens is 265 g/mol. The molecule has 2 rings (SSSR count). The predicted molar refractivity (Wildman–Crippen MR) is 74.4 cm³/mol. The summed E-state index contributed by atoms with van der Waals surface area (Å²) in [5.74, 6) is 0.682. The first-order valence-corrected chi connectivity index (χ1v) is 6.89. The Hall–Kier alpha value is -1.82. The van der Waals surface area contributed by atoms with Crippen molar-refractivity contribution in [2.75, 3.05) is 11.1 Å². The van der Waals surface area contributed by atoms with Crippen LogP contribution in [0.3, 0.4) is 0 Å². The molecule has 1 aromatic heterocycles. The van der Waals surface area contributed by atoms with Gasteiger partial charge in [0, 0.05) is 24.7 Å². The number of anilines is 1. The highest BCUT2D eigenvalue weighted by molar-refractivity contribution is 7.99. The zero-order valence-corrected chi connectivity index (χ0v) is 11.3. The van der Waals surface area contributed by atoms with Crippen LogP contribution in [0.15, 0.2) is 36.7 Å². The molecule has 0 spiro atoms. The van der Waals surface area contributed by atoms with Gasteiger partial charge in [-0.05, 0) is 29.8 Å². The second kappa shape index (κ2) is 6.38. The SMILES string of the molecule is Cn1cc(CSCC(=O)Nc2ccc(F)cc2)cn1. The lowest BCUT2D eigenvalue weighted by Gasteiger charge is -2.04. The van der Waals surface area contributed by atoms with Crippen LogP contribution in [0, 0.1) is 5.82 Å². The van der Waals surface area contributed by atoms with Crippen LogP contribution in [0.1, 0.15) is 5.56 Å². The molecule has 6 heteroatoms. The van der Waals surface area contributed by atoms with Gasteiger partial charge >= 0.3 is 0 Å². The molecule has 0 bridgehead atoms. The van der Waals surface area contributed by atoms with Crippen molar-refractivity contribution >= 4 is 23.4 Å². The van der Waals surface area contributed by atoms with Gasteiger partial charge in [0.15, 0.2) is 0 Å². The van der Waals surface area contributed by atoms with Crippen molar-refractivity contribution in [2.45, 2.75) is 5.75 Å². The van der Waals surface area contributed by atoms with Crippen molar-refractivity contribution in [3.8, 4) is 0 Å². The van der Waals surface area contributed by atoms with Crippen LogP contribution in [-0.2, 0) is 17.6 Å². The van der Waals surface area contributed by atoms with Crippen LogP contribution in [-0.4, -0.2) is 21.4 Å². The Balaban J connectivity index is 1.74. The minimum Gasteiger partial charge on any atom is -0.325 e. The summed E-state index contributed by atoms with van der Waals surface area (Å²) in [6.07, 6.45) is 3.70. The molecule has 0 aliphatic carbocycles. The molecule has 4 nitrogen and oxygen atoms in total. The fourth-order valence-electron chi connectivity index (χ4n) is 1.54. The van der Waals surface area contributed by atoms with Crippen molar-refractivity contribution in [1.82, 2.24) is 9.78 Å². The molecule has 2 aromatic rings. The Morgan fingerprint density at radius 2 is 2.16 bits per heavy atom. The normalized spacial score (nSPS) is 10.4. The number of amides is 1. The van der Waals surface area contributed by atoms with Crippen LogP contribution in [0.2, 0.25) is 0 Å². The number of carbonyl (C=O) groups is 1. The molecular formula is C13H14FN3OS. The number of nitrogens with one attached hydrogen (secondary N) is 1. The minimum atomic E-state index is -0.316. The number of nitrogens with zero attached hydrogens (tertiary/aromatic N) is 2. The summed E-state index contributed by atoms with van der Waals surface area (Å²) in [5.41, 5.74) is 1.69. The average Bonchev–Trinajstić information content (AvgIpc) is 2.78. The number of hydrogen-bond acceptors (Lipinski definition) is 3. The number of aromatic nitrogens is 2. The molecule has 1 heterocycles. The summed E-state index contributed by atoms with van der Waals surface area (Å²) < 4.78 is 14.4. The third kappa shape index (κ3) is 4.40. The first-order valence-electron chi connectivity index (χ1n) is 5.74. The molecule has 19 heavy (non-hydrogen) atoms. The van der Waals surface area contributed by atoms with E-state index >= 15 is 0 Å². The maximum atomic E-state index is 12.7. The van der Waals surface area contributed by atoms with E-state index in [1.165, 1.54) is 23.9 Å². The topological polar surface area (TPSA) is 46.9 Å². The molecule has 100 valence electrons. The number of carbonyl (C=O) groups excluding carboxylic acids is 1. The monoisotopic (exact) mass is 279 g/mol. The zero-order chi connectivity index (χ0) is 13.7. The third-order valence-corrected chi connectivity index (χ3v) is 3.39. The highest BCUT2D eigenvalue weighted by atomic mass is 32.2. The molecule has 1 aromatic carbocycles. The zero-order valence-electron chi connectivity index (χ0n) is 10.5. The van der Waals surface area contributed by atoms with Crippen molar-refractivity contribution < 1.29 is 9.18 Å². The number of rotatable bonds is 5. The van der Waals surface area contributed by atoms with Crippen molar-refractivity contribution in [1.29, 1.82) is 0 Å². The van der Waals surface area contributed by atoms with E-state index in [-0.39, 0.29) is 11.7 Å². The Morgan fingerprint density at radius 3 is 2.79 bits per heavy atom. The van der Waals surface area contributed by atoms with E-state index in [0.717, 1.165) is 11.3 Å². The Labute approximate surface area is 115 Å². The first-order chi connectivity index (χ1) is 9.13. The van der Waals surface area contributed by atoms with E-state index in [2.05, 4.69) is 10.4 Å². The highest BCUT2D eigenvalue weighted by Gasteiger charge is 2.04. The average molecular weight is 279 g/mol. The van der Waals surface area contributed by atoms with E-state index in [0.29, 0.717) is 11.4 Å². The number of thioether (sulfide) groups is 1. The number of hydrogen-bond donors (Lipinski definition) is 1. The van der Waals surface area contributed by atoms with Gasteiger partial charge in [-0.1, -0.05) is 0 Å². The summed E-state index contributed by atoms with van der Waals surface area (Å²) in [5, 5.41) is 6.77. The van der Waals surface area contributed by atoms with E-state index < -0.39 is 0 Å². The van der Waals surface area contributed by atoms with Gasteiger partial charge in [-0.2, -0.15) is 5.10 Å². The summed E-state index contributed by atoms with van der Waals surface area (Å²) >= 11 is 1.51. The standard InChI is InChI=1S/C13H14FN3OS/c1-17-7-10(6-15-17)8-19-9-13(18)16-12-4-2-11(14)3-5-12/h2-7H,8-9H2,1H3,(H,16,18). The van der Waals surface area contributed by atoms with E-state index in [9.17, 15) is 9.18 Å². The maximum Gasteiger partial charge on any atom is 0.234 e. The number of halogens is 1. The third-order valence-electron chi connectivity index (χ3n) is 2.39. The lowest BCUT2D eigenvalue weighted by Crippen LogP contribution is -2.14. The fraction of sp³-hybridized carbons (Fsp3) is 0.231. The first kappa shape index (κ1) is 13.6. The minimum absolute atomic E-state index is 0.0968. The van der Waals surface area contributed by atoms with E-state index in [4.69, 9.17) is 0 Å². The Kier molecular flexibility index (Phi) is 4.57. The molecule has 0 saturated heterocycles. The van der Waals surface area contributed by atoms with Crippen molar-refractivity contribution in [2.24, 2.45) is 7.05 Å². The van der Waals surface area contributed by atoms with Gasteiger partial charge in [0.25, 0.3) is 0 Å². The lowest BCUT2D eigenvalue weighted by atomic mass is 10.3. The second-order valence-electron chi connectivity index (χ2n) is 4.07. The largest absolute Gasteiger partial charge is 0.325 e. The van der Waals surface area contributed by atoms with Gasteiger partial charge < -0.3 is 5.32 Å². The molecule has 0 radical (unpaired) electrons. The van der Waals surface area contributed by atoms with Gasteiger partial charge in [0.05, 0.1) is 11.9 Å². The van der Waals surface area contributed by atoms with E-state index in [1.807, 2.05) is 13.2 Å². The predicted octanol–water partition coefficient (Wildman–Crippen LogP) is 2.43. The Bertz CT molecular complexity index is 553. The molecule has 0 unspecified atom stereocenters. The van der Waals surface area contributed by atoms with E-state index in [1.54, 1.807) is 23.0 Å². The van der Waals surface area contributed by atoms with Gasteiger partial charge in [0.2, 0.25) is 5.91 Å².